The maximum Gasteiger partial charge on any atom is 0.228 e. The Labute approximate surface area is 157 Å². The lowest BCUT2D eigenvalue weighted by molar-refractivity contribution is -0.136. The number of aromatic nitrogens is 3. The first-order chi connectivity index (χ1) is 13.2. The molecule has 2 aliphatic heterocycles. The van der Waals surface area contributed by atoms with Crippen molar-refractivity contribution in [1.82, 2.24) is 25.0 Å². The molecule has 4 heterocycles. The number of aromatic amines is 1. The van der Waals surface area contributed by atoms with Gasteiger partial charge in [-0.2, -0.15) is 5.10 Å². The number of nitrogens with zero attached hydrogens (tertiary/aromatic N) is 4. The zero-order chi connectivity index (χ0) is 18.4. The summed E-state index contributed by atoms with van der Waals surface area (Å²) in [5.41, 5.74) is 4.55. The fourth-order valence-corrected chi connectivity index (χ4v) is 4.26. The maximum absolute atomic E-state index is 13.1. The fourth-order valence-electron chi connectivity index (χ4n) is 4.26. The molecule has 1 saturated heterocycles. The van der Waals surface area contributed by atoms with Gasteiger partial charge in [-0.05, 0) is 24.5 Å². The van der Waals surface area contributed by atoms with Gasteiger partial charge < -0.3 is 9.80 Å². The number of nitrogens with one attached hydrogen (secondary N) is 1. The molecule has 7 heteroatoms. The lowest BCUT2D eigenvalue weighted by Gasteiger charge is -2.29. The normalized spacial score (nSPS) is 22.2. The van der Waals surface area contributed by atoms with Crippen LogP contribution in [0, 0.1) is 5.92 Å². The van der Waals surface area contributed by atoms with Crippen LogP contribution in [0.5, 0.6) is 0 Å². The van der Waals surface area contributed by atoms with Gasteiger partial charge in [-0.3, -0.25) is 19.7 Å². The van der Waals surface area contributed by atoms with E-state index in [1.165, 1.54) is 24.1 Å². The van der Waals surface area contributed by atoms with E-state index in [4.69, 9.17) is 0 Å². The van der Waals surface area contributed by atoms with Crippen LogP contribution in [0.1, 0.15) is 47.7 Å². The smallest absolute Gasteiger partial charge is 0.228 e. The Kier molecular flexibility index (Phi) is 3.95. The van der Waals surface area contributed by atoms with Gasteiger partial charge in [0.25, 0.3) is 0 Å². The minimum atomic E-state index is -0.244. The van der Waals surface area contributed by atoms with Crippen molar-refractivity contribution in [3.8, 4) is 0 Å². The Bertz CT molecular complexity index is 874. The summed E-state index contributed by atoms with van der Waals surface area (Å²) in [6.45, 7) is 2.35. The quantitative estimate of drug-likeness (QED) is 0.893. The van der Waals surface area contributed by atoms with Crippen LogP contribution in [-0.4, -0.2) is 49.9 Å². The number of hydrogen-bond acceptors (Lipinski definition) is 4. The summed E-state index contributed by atoms with van der Waals surface area (Å²) in [5.74, 6) is 0.484. The first-order valence-corrected chi connectivity index (χ1v) is 9.70. The molecule has 0 radical (unpaired) electrons. The van der Waals surface area contributed by atoms with Gasteiger partial charge in [0.15, 0.2) is 0 Å². The monoisotopic (exact) mass is 365 g/mol. The molecular formula is C20H23N5O2. The second-order valence-electron chi connectivity index (χ2n) is 7.89. The molecule has 3 aliphatic rings. The van der Waals surface area contributed by atoms with Gasteiger partial charge in [0.05, 0.1) is 11.6 Å². The first kappa shape index (κ1) is 16.5. The zero-order valence-electron chi connectivity index (χ0n) is 15.2. The number of pyridine rings is 1. The number of H-pyrrole nitrogens is 1. The predicted molar refractivity (Wildman–Crippen MR) is 97.4 cm³/mol. The lowest BCUT2D eigenvalue weighted by atomic mass is 10.0. The molecule has 7 nitrogen and oxygen atoms in total. The van der Waals surface area contributed by atoms with Crippen molar-refractivity contribution < 1.29 is 9.59 Å². The first-order valence-electron chi connectivity index (χ1n) is 9.70. The number of likely N-dealkylation sites (tertiary alicyclic amines) is 1. The highest BCUT2D eigenvalue weighted by molar-refractivity contribution is 5.89. The summed E-state index contributed by atoms with van der Waals surface area (Å²) in [6, 6.07) is 3.83. The van der Waals surface area contributed by atoms with Gasteiger partial charge >= 0.3 is 0 Å². The summed E-state index contributed by atoms with van der Waals surface area (Å²) in [4.78, 5) is 33.3. The minimum Gasteiger partial charge on any atom is -0.338 e. The Morgan fingerprint density at radius 3 is 3.00 bits per heavy atom. The van der Waals surface area contributed by atoms with Crippen molar-refractivity contribution in [1.29, 1.82) is 0 Å². The van der Waals surface area contributed by atoms with Crippen molar-refractivity contribution in [3.63, 3.8) is 0 Å². The molecule has 140 valence electrons. The molecule has 1 saturated carbocycles. The van der Waals surface area contributed by atoms with Gasteiger partial charge in [0.1, 0.15) is 0 Å². The van der Waals surface area contributed by atoms with E-state index in [2.05, 4.69) is 15.2 Å². The van der Waals surface area contributed by atoms with Gasteiger partial charge in [-0.25, -0.2) is 0 Å². The fraction of sp³-hybridized carbons (Fsp3) is 0.500. The van der Waals surface area contributed by atoms with Crippen LogP contribution < -0.4 is 0 Å². The van der Waals surface area contributed by atoms with Gasteiger partial charge in [-0.15, -0.1) is 0 Å². The van der Waals surface area contributed by atoms with Crippen molar-refractivity contribution in [2.45, 2.75) is 44.7 Å². The van der Waals surface area contributed by atoms with E-state index < -0.39 is 0 Å². The van der Waals surface area contributed by atoms with E-state index in [9.17, 15) is 9.59 Å². The highest BCUT2D eigenvalue weighted by Gasteiger charge is 2.39. The predicted octanol–water partition coefficient (Wildman–Crippen LogP) is 1.62. The highest BCUT2D eigenvalue weighted by Crippen LogP contribution is 2.42. The summed E-state index contributed by atoms with van der Waals surface area (Å²) >= 11 is 0. The SMILES string of the molecule is O=C1CC(C(=O)N2CCc3[nH]nc(C4CC4)c3C2)CN1Cc1cccnc1. The minimum absolute atomic E-state index is 0.0527. The van der Waals surface area contributed by atoms with Gasteiger partial charge in [0.2, 0.25) is 11.8 Å². The number of rotatable bonds is 4. The van der Waals surface area contributed by atoms with Crippen LogP contribution in [0.4, 0.5) is 0 Å². The molecule has 1 atom stereocenters. The Morgan fingerprint density at radius 1 is 1.33 bits per heavy atom. The number of carbonyl (C=O) groups is 2. The van der Waals surface area contributed by atoms with Crippen molar-refractivity contribution in [3.05, 3.63) is 47.0 Å². The molecule has 5 rings (SSSR count). The number of amides is 2. The molecule has 1 N–H and O–H groups in total. The van der Waals surface area contributed by atoms with E-state index in [-0.39, 0.29) is 17.7 Å². The van der Waals surface area contributed by atoms with Crippen LogP contribution in [0.2, 0.25) is 0 Å². The molecule has 1 aliphatic carbocycles. The Balaban J connectivity index is 1.26. The lowest BCUT2D eigenvalue weighted by Crippen LogP contribution is -2.40. The summed E-state index contributed by atoms with van der Waals surface area (Å²) in [6.07, 6.45) is 7.02. The number of fused-ring (bicyclic) bond motifs is 1. The molecule has 0 aromatic carbocycles. The standard InChI is InChI=1S/C20H23N5O2/c26-18-8-15(11-25(18)10-13-2-1-6-21-9-13)20(27)24-7-5-17-16(12-24)19(23-22-17)14-3-4-14/h1-2,6,9,14-15H,3-5,7-8,10-12H2,(H,22,23). The van der Waals surface area contributed by atoms with E-state index in [0.29, 0.717) is 38.5 Å². The number of carbonyl (C=O) groups excluding carboxylic acids is 2. The summed E-state index contributed by atoms with van der Waals surface area (Å²) < 4.78 is 0. The third-order valence-electron chi connectivity index (χ3n) is 5.90. The number of hydrogen-bond donors (Lipinski definition) is 1. The van der Waals surface area contributed by atoms with Crippen LogP contribution in [-0.2, 0) is 29.1 Å². The molecule has 27 heavy (non-hydrogen) atoms. The average Bonchev–Trinajstić information content (AvgIpc) is 3.35. The van der Waals surface area contributed by atoms with E-state index in [1.807, 2.05) is 17.0 Å². The molecule has 0 spiro atoms. The van der Waals surface area contributed by atoms with Crippen molar-refractivity contribution >= 4 is 11.8 Å². The Morgan fingerprint density at radius 2 is 2.22 bits per heavy atom. The molecule has 2 aromatic rings. The molecular weight excluding hydrogens is 342 g/mol. The van der Waals surface area contributed by atoms with Crippen LogP contribution in [0.3, 0.4) is 0 Å². The zero-order valence-corrected chi connectivity index (χ0v) is 15.2. The van der Waals surface area contributed by atoms with Crippen LogP contribution in [0.25, 0.3) is 0 Å². The molecule has 0 bridgehead atoms. The van der Waals surface area contributed by atoms with E-state index in [0.717, 1.165) is 17.7 Å². The molecule has 2 fully saturated rings. The highest BCUT2D eigenvalue weighted by atomic mass is 16.2. The van der Waals surface area contributed by atoms with Crippen LogP contribution >= 0.6 is 0 Å². The summed E-state index contributed by atoms with van der Waals surface area (Å²) in [5, 5.41) is 7.65. The molecule has 2 amide bonds. The Hall–Kier alpha value is -2.70. The van der Waals surface area contributed by atoms with Crippen molar-refractivity contribution in [2.75, 3.05) is 13.1 Å². The van der Waals surface area contributed by atoms with Gasteiger partial charge in [-0.1, -0.05) is 6.07 Å². The second-order valence-corrected chi connectivity index (χ2v) is 7.89. The van der Waals surface area contributed by atoms with E-state index in [1.54, 1.807) is 17.3 Å². The third-order valence-corrected chi connectivity index (χ3v) is 5.90. The molecule has 2 aromatic heterocycles. The third kappa shape index (κ3) is 3.11. The molecule has 1 unspecified atom stereocenters. The maximum atomic E-state index is 13.1. The summed E-state index contributed by atoms with van der Waals surface area (Å²) in [7, 11) is 0. The second kappa shape index (κ2) is 6.48. The van der Waals surface area contributed by atoms with E-state index >= 15 is 0 Å². The van der Waals surface area contributed by atoms with Gasteiger partial charge in [0, 0.05) is 68.6 Å². The van der Waals surface area contributed by atoms with Crippen LogP contribution in [0.15, 0.2) is 24.5 Å². The van der Waals surface area contributed by atoms with Crippen molar-refractivity contribution in [2.24, 2.45) is 5.92 Å². The average molecular weight is 365 g/mol. The topological polar surface area (TPSA) is 82.2 Å². The largest absolute Gasteiger partial charge is 0.338 e.